The van der Waals surface area contributed by atoms with Gasteiger partial charge in [-0.2, -0.15) is 0 Å². The Kier molecular flexibility index (Phi) is 5.74. The van der Waals surface area contributed by atoms with Gasteiger partial charge in [-0.1, -0.05) is 38.1 Å². The zero-order valence-corrected chi connectivity index (χ0v) is 14.5. The molecule has 0 bridgehead atoms. The zero-order valence-electron chi connectivity index (χ0n) is 14.5. The number of aromatic nitrogens is 3. The number of carbonyl (C=O) groups is 2. The van der Waals surface area contributed by atoms with E-state index in [1.807, 2.05) is 24.3 Å². The summed E-state index contributed by atoms with van der Waals surface area (Å²) in [7, 11) is 0. The predicted octanol–water partition coefficient (Wildman–Crippen LogP) is 1.47. The molecule has 8 heteroatoms. The fraction of sp³-hybridized carbons (Fsp3) is 0.412. The maximum absolute atomic E-state index is 11.8. The van der Waals surface area contributed by atoms with Crippen LogP contribution >= 0.6 is 0 Å². The molecule has 0 fully saturated rings. The second-order valence-electron chi connectivity index (χ2n) is 6.58. The second kappa shape index (κ2) is 7.78. The van der Waals surface area contributed by atoms with E-state index in [-0.39, 0.29) is 23.6 Å². The molecule has 1 aromatic heterocycles. The number of nitrogens with one attached hydrogen (secondary N) is 1. The van der Waals surface area contributed by atoms with Crippen LogP contribution < -0.4 is 10.1 Å². The molecular formula is C17H22N4O4. The third-order valence-electron chi connectivity index (χ3n) is 3.48. The van der Waals surface area contributed by atoms with E-state index in [0.717, 1.165) is 5.75 Å². The first-order chi connectivity index (χ1) is 11.8. The van der Waals surface area contributed by atoms with E-state index < -0.39 is 5.97 Å². The molecule has 134 valence electrons. The standard InChI is InChI=1S/C17H22N4O4/c1-17(2,3)12-4-6-13(7-5-12)25-9-8-18-15(22)11-21-10-14(16(23)24)19-20-21/h4-7,10H,8-9,11H2,1-3H3,(H,18,22)(H,23,24). The third kappa shape index (κ3) is 5.59. The van der Waals surface area contributed by atoms with Gasteiger partial charge in [0.25, 0.3) is 0 Å². The van der Waals surface area contributed by atoms with Crippen molar-refractivity contribution < 1.29 is 19.4 Å². The maximum atomic E-state index is 11.8. The van der Waals surface area contributed by atoms with E-state index in [0.29, 0.717) is 13.2 Å². The topological polar surface area (TPSA) is 106 Å². The molecule has 8 nitrogen and oxygen atoms in total. The number of hydrogen-bond donors (Lipinski definition) is 2. The van der Waals surface area contributed by atoms with Crippen LogP contribution in [0.4, 0.5) is 0 Å². The van der Waals surface area contributed by atoms with Crippen molar-refractivity contribution in [3.63, 3.8) is 0 Å². The Morgan fingerprint density at radius 3 is 2.48 bits per heavy atom. The molecule has 0 radical (unpaired) electrons. The van der Waals surface area contributed by atoms with Gasteiger partial charge in [-0.25, -0.2) is 9.48 Å². The molecule has 0 aliphatic heterocycles. The average molecular weight is 346 g/mol. The molecule has 1 amide bonds. The van der Waals surface area contributed by atoms with Crippen molar-refractivity contribution in [2.24, 2.45) is 0 Å². The minimum absolute atomic E-state index is 0.0916. The highest BCUT2D eigenvalue weighted by Gasteiger charge is 2.13. The molecule has 0 saturated carbocycles. The van der Waals surface area contributed by atoms with Crippen molar-refractivity contribution in [2.75, 3.05) is 13.2 Å². The van der Waals surface area contributed by atoms with E-state index in [9.17, 15) is 9.59 Å². The van der Waals surface area contributed by atoms with Gasteiger partial charge in [-0.3, -0.25) is 4.79 Å². The van der Waals surface area contributed by atoms with Gasteiger partial charge in [0.15, 0.2) is 5.69 Å². The zero-order chi connectivity index (χ0) is 18.4. The van der Waals surface area contributed by atoms with Crippen molar-refractivity contribution in [2.45, 2.75) is 32.7 Å². The highest BCUT2D eigenvalue weighted by Crippen LogP contribution is 2.24. The number of hydrogen-bond acceptors (Lipinski definition) is 5. The molecule has 2 aromatic rings. The summed E-state index contributed by atoms with van der Waals surface area (Å²) in [6, 6.07) is 7.87. The van der Waals surface area contributed by atoms with Gasteiger partial charge in [-0.15, -0.1) is 5.10 Å². The lowest BCUT2D eigenvalue weighted by Crippen LogP contribution is -2.31. The van der Waals surface area contributed by atoms with Gasteiger partial charge in [0.1, 0.15) is 18.9 Å². The van der Waals surface area contributed by atoms with Crippen LogP contribution in [0.25, 0.3) is 0 Å². The normalized spacial score (nSPS) is 11.2. The number of nitrogens with zero attached hydrogens (tertiary/aromatic N) is 3. The Hall–Kier alpha value is -2.90. The van der Waals surface area contributed by atoms with Crippen LogP contribution in [0.2, 0.25) is 0 Å². The molecule has 0 saturated heterocycles. The molecule has 0 spiro atoms. The number of carboxylic acids is 1. The smallest absolute Gasteiger partial charge is 0.358 e. The van der Waals surface area contributed by atoms with Crippen molar-refractivity contribution in [1.29, 1.82) is 0 Å². The van der Waals surface area contributed by atoms with E-state index >= 15 is 0 Å². The molecule has 0 aliphatic carbocycles. The first kappa shape index (κ1) is 18.4. The molecule has 0 atom stereocenters. The highest BCUT2D eigenvalue weighted by molar-refractivity contribution is 5.84. The van der Waals surface area contributed by atoms with Crippen LogP contribution in [0.15, 0.2) is 30.5 Å². The fourth-order valence-electron chi connectivity index (χ4n) is 2.09. The third-order valence-corrected chi connectivity index (χ3v) is 3.48. The lowest BCUT2D eigenvalue weighted by Gasteiger charge is -2.19. The number of aromatic carboxylic acids is 1. The molecule has 1 heterocycles. The van der Waals surface area contributed by atoms with Gasteiger partial charge < -0.3 is 15.2 Å². The van der Waals surface area contributed by atoms with Gasteiger partial charge in [0.05, 0.1) is 12.7 Å². The van der Waals surface area contributed by atoms with Crippen LogP contribution in [0.5, 0.6) is 5.75 Å². The highest BCUT2D eigenvalue weighted by atomic mass is 16.5. The summed E-state index contributed by atoms with van der Waals surface area (Å²) in [6.07, 6.45) is 1.20. The Labute approximate surface area is 145 Å². The summed E-state index contributed by atoms with van der Waals surface area (Å²) < 4.78 is 6.75. The number of amides is 1. The minimum atomic E-state index is -1.18. The van der Waals surface area contributed by atoms with Gasteiger partial charge in [0, 0.05) is 0 Å². The molecule has 2 rings (SSSR count). The summed E-state index contributed by atoms with van der Waals surface area (Å²) in [6.45, 7) is 7.01. The number of rotatable bonds is 7. The second-order valence-corrected chi connectivity index (χ2v) is 6.58. The molecule has 2 N–H and O–H groups in total. The quantitative estimate of drug-likeness (QED) is 0.735. The Balaban J connectivity index is 1.71. The van der Waals surface area contributed by atoms with Crippen molar-refractivity contribution in [1.82, 2.24) is 20.3 Å². The van der Waals surface area contributed by atoms with Crippen LogP contribution in [-0.2, 0) is 16.8 Å². The lowest BCUT2D eigenvalue weighted by molar-refractivity contribution is -0.122. The summed E-state index contributed by atoms with van der Waals surface area (Å²) >= 11 is 0. The maximum Gasteiger partial charge on any atom is 0.358 e. The Morgan fingerprint density at radius 2 is 1.92 bits per heavy atom. The summed E-state index contributed by atoms with van der Waals surface area (Å²) in [5.41, 5.74) is 1.12. The van der Waals surface area contributed by atoms with Gasteiger partial charge >= 0.3 is 5.97 Å². The molecular weight excluding hydrogens is 324 g/mol. The number of carbonyl (C=O) groups excluding carboxylic acids is 1. The van der Waals surface area contributed by atoms with Crippen molar-refractivity contribution in [3.05, 3.63) is 41.7 Å². The monoisotopic (exact) mass is 346 g/mol. The first-order valence-corrected chi connectivity index (χ1v) is 7.89. The summed E-state index contributed by atoms with van der Waals surface area (Å²) in [5, 5.41) is 18.4. The molecule has 0 unspecified atom stereocenters. The lowest BCUT2D eigenvalue weighted by atomic mass is 9.87. The first-order valence-electron chi connectivity index (χ1n) is 7.89. The molecule has 25 heavy (non-hydrogen) atoms. The largest absolute Gasteiger partial charge is 0.492 e. The van der Waals surface area contributed by atoms with Crippen LogP contribution in [-0.4, -0.2) is 45.1 Å². The van der Waals surface area contributed by atoms with E-state index in [2.05, 4.69) is 36.4 Å². The van der Waals surface area contributed by atoms with Crippen molar-refractivity contribution in [3.8, 4) is 5.75 Å². The van der Waals surface area contributed by atoms with E-state index in [4.69, 9.17) is 9.84 Å². The predicted molar refractivity (Wildman–Crippen MR) is 90.6 cm³/mol. The Morgan fingerprint density at radius 1 is 1.24 bits per heavy atom. The summed E-state index contributed by atoms with van der Waals surface area (Å²) in [5.74, 6) is -0.740. The van der Waals surface area contributed by atoms with Gasteiger partial charge in [0.2, 0.25) is 5.91 Å². The minimum Gasteiger partial charge on any atom is -0.492 e. The van der Waals surface area contributed by atoms with Crippen LogP contribution in [0.1, 0.15) is 36.8 Å². The summed E-state index contributed by atoms with van der Waals surface area (Å²) in [4.78, 5) is 22.4. The fourth-order valence-corrected chi connectivity index (χ4v) is 2.09. The van der Waals surface area contributed by atoms with E-state index in [1.54, 1.807) is 0 Å². The van der Waals surface area contributed by atoms with Crippen LogP contribution in [0, 0.1) is 0 Å². The number of carboxylic acid groups (broad SMARTS) is 1. The van der Waals surface area contributed by atoms with Crippen molar-refractivity contribution >= 4 is 11.9 Å². The molecule has 0 aliphatic rings. The number of ether oxygens (including phenoxy) is 1. The van der Waals surface area contributed by atoms with Crippen LogP contribution in [0.3, 0.4) is 0 Å². The van der Waals surface area contributed by atoms with E-state index in [1.165, 1.54) is 16.4 Å². The number of benzene rings is 1. The van der Waals surface area contributed by atoms with Gasteiger partial charge in [-0.05, 0) is 23.1 Å². The average Bonchev–Trinajstić information content (AvgIpc) is 3.00. The molecule has 1 aromatic carbocycles. The Bertz CT molecular complexity index is 732. The SMILES string of the molecule is CC(C)(C)c1ccc(OCCNC(=O)Cn2cc(C(=O)O)nn2)cc1.